The largest absolute Gasteiger partial charge is 0.504 e. The molecular weight excluding hydrogens is 248 g/mol. The molecule has 1 aromatic rings. The first-order valence-corrected chi connectivity index (χ1v) is 4.91. The highest BCUT2D eigenvalue weighted by atomic mass is 79.9. The van der Waals surface area contributed by atoms with Gasteiger partial charge in [-0.2, -0.15) is 0 Å². The fourth-order valence-electron chi connectivity index (χ4n) is 1.13. The third-order valence-corrected chi connectivity index (χ3v) is 2.64. The molecule has 0 bridgehead atoms. The number of aromatic hydroxyl groups is 1. The van der Waals surface area contributed by atoms with E-state index in [1.165, 1.54) is 7.11 Å². The summed E-state index contributed by atoms with van der Waals surface area (Å²) in [6.07, 6.45) is 0. The van der Waals surface area contributed by atoms with Gasteiger partial charge in [0, 0.05) is 17.1 Å². The molecule has 0 radical (unpaired) electrons. The van der Waals surface area contributed by atoms with Crippen LogP contribution in [0.2, 0.25) is 0 Å². The number of ether oxygens (including phenoxy) is 1. The van der Waals surface area contributed by atoms with Crippen molar-refractivity contribution < 1.29 is 9.84 Å². The van der Waals surface area contributed by atoms with E-state index in [0.29, 0.717) is 12.3 Å². The van der Waals surface area contributed by atoms with E-state index in [1.807, 2.05) is 0 Å². The summed E-state index contributed by atoms with van der Waals surface area (Å²) in [7, 11) is 1.49. The quantitative estimate of drug-likeness (QED) is 0.761. The maximum Gasteiger partial charge on any atom is 0.161 e. The molecule has 0 aliphatic rings. The Morgan fingerprint density at radius 2 is 2.21 bits per heavy atom. The molecule has 5 heteroatoms. The lowest BCUT2D eigenvalue weighted by Gasteiger charge is -2.13. The summed E-state index contributed by atoms with van der Waals surface area (Å²) in [4.78, 5) is 0. The highest BCUT2D eigenvalue weighted by Gasteiger charge is 2.12. The van der Waals surface area contributed by atoms with Crippen LogP contribution < -0.4 is 16.2 Å². The zero-order valence-electron chi connectivity index (χ0n) is 7.83. The van der Waals surface area contributed by atoms with Crippen LogP contribution in [0.25, 0.3) is 0 Å². The van der Waals surface area contributed by atoms with Gasteiger partial charge in [0.1, 0.15) is 0 Å². The Bertz CT molecular complexity index is 331. The number of hydrogen-bond acceptors (Lipinski definition) is 4. The van der Waals surface area contributed by atoms with Crippen LogP contribution in [0.15, 0.2) is 16.6 Å². The summed E-state index contributed by atoms with van der Waals surface area (Å²) in [5.74, 6) is 0.472. The topological polar surface area (TPSA) is 81.5 Å². The van der Waals surface area contributed by atoms with Gasteiger partial charge in [0.05, 0.1) is 7.11 Å². The number of benzene rings is 1. The van der Waals surface area contributed by atoms with E-state index >= 15 is 0 Å². The Kier molecular flexibility index (Phi) is 3.74. The molecule has 0 saturated heterocycles. The molecule has 0 heterocycles. The summed E-state index contributed by atoms with van der Waals surface area (Å²) < 4.78 is 5.72. The molecular formula is C9H13BrN2O2. The van der Waals surface area contributed by atoms with Gasteiger partial charge in [-0.3, -0.25) is 0 Å². The molecule has 0 aliphatic heterocycles. The third kappa shape index (κ3) is 2.17. The van der Waals surface area contributed by atoms with Crippen molar-refractivity contribution in [1.82, 2.24) is 0 Å². The second kappa shape index (κ2) is 4.63. The third-order valence-electron chi connectivity index (χ3n) is 1.95. The lowest BCUT2D eigenvalue weighted by molar-refractivity contribution is 0.372. The molecule has 5 N–H and O–H groups in total. The number of phenolic OH excluding ortho intramolecular Hbond substituents is 1. The molecule has 14 heavy (non-hydrogen) atoms. The monoisotopic (exact) mass is 260 g/mol. The molecule has 0 spiro atoms. The van der Waals surface area contributed by atoms with Gasteiger partial charge in [-0.1, -0.05) is 15.9 Å². The summed E-state index contributed by atoms with van der Waals surface area (Å²) >= 11 is 3.34. The van der Waals surface area contributed by atoms with Crippen molar-refractivity contribution in [1.29, 1.82) is 0 Å². The zero-order chi connectivity index (χ0) is 10.7. The van der Waals surface area contributed by atoms with E-state index < -0.39 is 0 Å². The van der Waals surface area contributed by atoms with Crippen molar-refractivity contribution in [3.05, 3.63) is 22.2 Å². The summed E-state index contributed by atoms with van der Waals surface area (Å²) in [5.41, 5.74) is 12.0. The van der Waals surface area contributed by atoms with Crippen molar-refractivity contribution in [2.75, 3.05) is 13.7 Å². The van der Waals surface area contributed by atoms with Crippen LogP contribution in [-0.4, -0.2) is 18.8 Å². The van der Waals surface area contributed by atoms with Crippen LogP contribution in [-0.2, 0) is 0 Å². The van der Waals surface area contributed by atoms with E-state index in [1.54, 1.807) is 12.1 Å². The maximum absolute atomic E-state index is 9.52. The number of halogens is 1. The Labute approximate surface area is 91.0 Å². The van der Waals surface area contributed by atoms with Crippen LogP contribution in [0.5, 0.6) is 11.5 Å². The second-order valence-corrected chi connectivity index (χ2v) is 3.74. The van der Waals surface area contributed by atoms with Crippen molar-refractivity contribution in [3.63, 3.8) is 0 Å². The van der Waals surface area contributed by atoms with Crippen molar-refractivity contribution >= 4 is 15.9 Å². The van der Waals surface area contributed by atoms with Gasteiger partial charge < -0.3 is 21.3 Å². The minimum atomic E-state index is -0.291. The lowest BCUT2D eigenvalue weighted by atomic mass is 10.1. The molecule has 0 saturated carbocycles. The van der Waals surface area contributed by atoms with E-state index in [9.17, 15) is 5.11 Å². The molecule has 0 unspecified atom stereocenters. The van der Waals surface area contributed by atoms with Crippen LogP contribution in [0.4, 0.5) is 0 Å². The van der Waals surface area contributed by atoms with E-state index in [-0.39, 0.29) is 11.8 Å². The normalized spacial score (nSPS) is 12.6. The van der Waals surface area contributed by atoms with E-state index in [2.05, 4.69) is 15.9 Å². The molecule has 1 atom stereocenters. The van der Waals surface area contributed by atoms with E-state index in [0.717, 1.165) is 10.0 Å². The van der Waals surface area contributed by atoms with Gasteiger partial charge in [0.2, 0.25) is 0 Å². The van der Waals surface area contributed by atoms with Gasteiger partial charge >= 0.3 is 0 Å². The Balaban J connectivity index is 3.14. The standard InChI is InChI=1S/C9H13BrN2O2/c1-14-9-3-6(10)5(2-8(9)13)7(12)4-11/h2-3,7,13H,4,11-12H2,1H3/t7-/m0/s1. The van der Waals surface area contributed by atoms with Crippen molar-refractivity contribution in [2.45, 2.75) is 6.04 Å². The zero-order valence-corrected chi connectivity index (χ0v) is 9.41. The fourth-order valence-corrected chi connectivity index (χ4v) is 1.75. The van der Waals surface area contributed by atoms with Gasteiger partial charge in [-0.25, -0.2) is 0 Å². The minimum absolute atomic E-state index is 0.0644. The summed E-state index contributed by atoms with van der Waals surface area (Å²) in [6, 6.07) is 2.93. The highest BCUT2D eigenvalue weighted by molar-refractivity contribution is 9.10. The number of nitrogens with two attached hydrogens (primary N) is 2. The van der Waals surface area contributed by atoms with Crippen LogP contribution in [0.1, 0.15) is 11.6 Å². The predicted octanol–water partition coefficient (Wildman–Crippen LogP) is 1.12. The Hall–Kier alpha value is -0.780. The van der Waals surface area contributed by atoms with Gasteiger partial charge in [-0.05, 0) is 17.7 Å². The molecule has 0 fully saturated rings. The summed E-state index contributed by atoms with van der Waals surface area (Å²) in [6.45, 7) is 0.324. The van der Waals surface area contributed by atoms with Crippen LogP contribution >= 0.6 is 15.9 Å². The SMILES string of the molecule is COc1cc(Br)c([C@@H](N)CN)cc1O. The minimum Gasteiger partial charge on any atom is -0.504 e. The van der Waals surface area contributed by atoms with Gasteiger partial charge in [0.15, 0.2) is 11.5 Å². The molecule has 1 rings (SSSR count). The molecule has 4 nitrogen and oxygen atoms in total. The predicted molar refractivity (Wildman–Crippen MR) is 58.3 cm³/mol. The average molecular weight is 261 g/mol. The number of methoxy groups -OCH3 is 1. The molecule has 1 aromatic carbocycles. The van der Waals surface area contributed by atoms with Gasteiger partial charge in [-0.15, -0.1) is 0 Å². The molecule has 78 valence electrons. The fraction of sp³-hybridized carbons (Fsp3) is 0.333. The first-order chi connectivity index (χ1) is 6.60. The smallest absolute Gasteiger partial charge is 0.161 e. The molecule has 0 aliphatic carbocycles. The number of rotatable bonds is 3. The lowest BCUT2D eigenvalue weighted by Crippen LogP contribution is -2.21. The van der Waals surface area contributed by atoms with Crippen LogP contribution in [0.3, 0.4) is 0 Å². The molecule has 0 amide bonds. The van der Waals surface area contributed by atoms with E-state index in [4.69, 9.17) is 16.2 Å². The number of hydrogen-bond donors (Lipinski definition) is 3. The Morgan fingerprint density at radius 3 is 2.71 bits per heavy atom. The number of phenols is 1. The van der Waals surface area contributed by atoms with Crippen molar-refractivity contribution in [2.24, 2.45) is 11.5 Å². The first kappa shape index (κ1) is 11.3. The first-order valence-electron chi connectivity index (χ1n) is 4.12. The highest BCUT2D eigenvalue weighted by Crippen LogP contribution is 2.34. The maximum atomic E-state index is 9.52. The Morgan fingerprint density at radius 1 is 1.57 bits per heavy atom. The van der Waals surface area contributed by atoms with Crippen molar-refractivity contribution in [3.8, 4) is 11.5 Å². The second-order valence-electron chi connectivity index (χ2n) is 2.89. The average Bonchev–Trinajstić information content (AvgIpc) is 2.19. The van der Waals surface area contributed by atoms with Crippen LogP contribution in [0, 0.1) is 0 Å². The summed E-state index contributed by atoms with van der Waals surface area (Å²) in [5, 5.41) is 9.52. The molecule has 0 aromatic heterocycles. The van der Waals surface area contributed by atoms with Gasteiger partial charge in [0.25, 0.3) is 0 Å².